The first kappa shape index (κ1) is 26.4. The van der Waals surface area contributed by atoms with Gasteiger partial charge in [0.1, 0.15) is 5.82 Å². The molecule has 5 rings (SSSR count). The summed E-state index contributed by atoms with van der Waals surface area (Å²) in [6.45, 7) is 4.10. The van der Waals surface area contributed by atoms with Crippen LogP contribution in [-0.4, -0.2) is 10.8 Å². The topological polar surface area (TPSA) is 83.0 Å². The highest BCUT2D eigenvalue weighted by Crippen LogP contribution is 2.47. The molecule has 1 aliphatic heterocycles. The van der Waals surface area contributed by atoms with Crippen molar-refractivity contribution in [3.63, 3.8) is 0 Å². The monoisotopic (exact) mass is 560 g/mol. The molecule has 0 amide bonds. The van der Waals surface area contributed by atoms with Gasteiger partial charge in [0.25, 0.3) is 0 Å². The molecule has 0 radical (unpaired) electrons. The number of hydrogen-bond donors (Lipinski definition) is 1. The van der Waals surface area contributed by atoms with Gasteiger partial charge < -0.3 is 5.73 Å². The maximum atomic E-state index is 13.5. The van der Waals surface area contributed by atoms with Gasteiger partial charge in [-0.25, -0.2) is 0 Å². The number of thioether (sulfide) groups is 1. The van der Waals surface area contributed by atoms with Crippen LogP contribution in [0.2, 0.25) is 10.0 Å². The lowest BCUT2D eigenvalue weighted by Crippen LogP contribution is -2.39. The summed E-state index contributed by atoms with van der Waals surface area (Å²) in [7, 11) is 0. The summed E-state index contributed by atoms with van der Waals surface area (Å²) in [4.78, 5) is 20.5. The molecule has 0 saturated carbocycles. The molecule has 0 spiro atoms. The number of halogens is 2. The number of Topliss-reactive ketones (excluding diaryl/α,β-unsaturated/α-hetero) is 1. The van der Waals surface area contributed by atoms with E-state index >= 15 is 0 Å². The van der Waals surface area contributed by atoms with Crippen LogP contribution in [0.25, 0.3) is 0 Å². The van der Waals surface area contributed by atoms with E-state index in [2.05, 4.69) is 30.1 Å². The Morgan fingerprint density at radius 1 is 1.16 bits per heavy atom. The average Bonchev–Trinajstić information content (AvgIpc) is 2.90. The van der Waals surface area contributed by atoms with Gasteiger partial charge in [-0.3, -0.25) is 14.7 Å². The average molecular weight is 562 g/mol. The van der Waals surface area contributed by atoms with Gasteiger partial charge in [0, 0.05) is 39.6 Å². The minimum atomic E-state index is -0.519. The Hall–Kier alpha value is -3.24. The minimum Gasteiger partial charge on any atom is -0.384 e. The van der Waals surface area contributed by atoms with Crippen LogP contribution in [0.15, 0.2) is 82.4 Å². The van der Waals surface area contributed by atoms with E-state index in [-0.39, 0.29) is 5.78 Å². The molecule has 2 aromatic carbocycles. The predicted octanol–water partition coefficient (Wildman–Crippen LogP) is 7.60. The molecule has 1 unspecified atom stereocenters. The molecule has 2 aliphatic rings. The number of pyridine rings is 1. The predicted molar refractivity (Wildman–Crippen MR) is 154 cm³/mol. The molecule has 0 saturated heterocycles. The summed E-state index contributed by atoms with van der Waals surface area (Å²) in [5.74, 6) is 0.552. The quantitative estimate of drug-likeness (QED) is 0.323. The number of carbonyl (C=O) groups excluding carboxylic acids is 1. The normalized spacial score (nSPS) is 17.5. The zero-order valence-corrected chi connectivity index (χ0v) is 23.4. The van der Waals surface area contributed by atoms with Crippen molar-refractivity contribution in [3.8, 4) is 6.07 Å². The number of benzene rings is 2. The molecule has 192 valence electrons. The lowest BCUT2D eigenvalue weighted by atomic mass is 9.74. The van der Waals surface area contributed by atoms with Crippen LogP contribution >= 0.6 is 35.0 Å². The van der Waals surface area contributed by atoms with Crippen LogP contribution in [0.1, 0.15) is 47.4 Å². The number of nitrogens with two attached hydrogens (primary N) is 1. The van der Waals surface area contributed by atoms with Gasteiger partial charge >= 0.3 is 0 Å². The molecule has 1 aromatic heterocycles. The van der Waals surface area contributed by atoms with E-state index in [0.717, 1.165) is 45.0 Å². The molecule has 0 fully saturated rings. The number of aromatic nitrogens is 1. The molecule has 1 atom stereocenters. The van der Waals surface area contributed by atoms with Crippen molar-refractivity contribution in [2.24, 2.45) is 5.73 Å². The highest BCUT2D eigenvalue weighted by atomic mass is 35.5. The molecule has 2 N–H and O–H groups in total. The Kier molecular flexibility index (Phi) is 7.54. The standard InChI is InChI=1S/C30H26Cl2N4OS/c1-17-11-18(2)22(12-19(17)16-38-27-13-20(31)8-9-24(27)32)28-23(14-33)30(34)36(21-5-4-10-35-15-21)25-6-3-7-26(37)29(25)28/h4-5,8-13,15,28H,3,6-7,16,34H2,1-2H3. The van der Waals surface area contributed by atoms with Gasteiger partial charge in [0.15, 0.2) is 5.78 Å². The van der Waals surface area contributed by atoms with Gasteiger partial charge in [-0.2, -0.15) is 5.26 Å². The van der Waals surface area contributed by atoms with E-state index in [4.69, 9.17) is 28.9 Å². The summed E-state index contributed by atoms with van der Waals surface area (Å²) < 4.78 is 0. The Bertz CT molecular complexity index is 1540. The van der Waals surface area contributed by atoms with Crippen molar-refractivity contribution >= 4 is 46.4 Å². The van der Waals surface area contributed by atoms with E-state index in [0.29, 0.717) is 45.6 Å². The van der Waals surface area contributed by atoms with Crippen molar-refractivity contribution in [3.05, 3.63) is 110 Å². The Morgan fingerprint density at radius 3 is 2.71 bits per heavy atom. The zero-order valence-electron chi connectivity index (χ0n) is 21.1. The van der Waals surface area contributed by atoms with Crippen molar-refractivity contribution in [2.75, 3.05) is 4.90 Å². The smallest absolute Gasteiger partial charge is 0.161 e. The minimum absolute atomic E-state index is 0.0620. The maximum Gasteiger partial charge on any atom is 0.161 e. The Morgan fingerprint density at radius 2 is 1.97 bits per heavy atom. The summed E-state index contributed by atoms with van der Waals surface area (Å²) >= 11 is 14.2. The Balaban J connectivity index is 1.62. The van der Waals surface area contributed by atoms with E-state index in [1.54, 1.807) is 36.3 Å². The number of hydrogen-bond acceptors (Lipinski definition) is 6. The van der Waals surface area contributed by atoms with E-state index in [9.17, 15) is 10.1 Å². The third-order valence-electron chi connectivity index (χ3n) is 7.13. The van der Waals surface area contributed by atoms with Gasteiger partial charge in [0.2, 0.25) is 0 Å². The molecular formula is C30H26Cl2N4OS. The number of nitriles is 1. The van der Waals surface area contributed by atoms with Gasteiger partial charge in [0.05, 0.1) is 34.5 Å². The molecule has 2 heterocycles. The molecule has 38 heavy (non-hydrogen) atoms. The molecule has 3 aromatic rings. The lowest BCUT2D eigenvalue weighted by Gasteiger charge is -2.40. The van der Waals surface area contributed by atoms with E-state index < -0.39 is 5.92 Å². The van der Waals surface area contributed by atoms with Gasteiger partial charge in [-0.1, -0.05) is 35.3 Å². The number of aryl methyl sites for hydroxylation is 2. The van der Waals surface area contributed by atoms with Crippen LogP contribution in [0.5, 0.6) is 0 Å². The molecule has 1 aliphatic carbocycles. The first-order valence-electron chi connectivity index (χ1n) is 12.3. The number of nitrogens with zero attached hydrogens (tertiary/aromatic N) is 3. The highest BCUT2D eigenvalue weighted by Gasteiger charge is 2.41. The fourth-order valence-corrected chi connectivity index (χ4v) is 6.86. The number of ketones is 1. The number of rotatable bonds is 5. The third-order valence-corrected chi connectivity index (χ3v) is 8.91. The molecule has 0 bridgehead atoms. The fraction of sp³-hybridized carbons (Fsp3) is 0.233. The van der Waals surface area contributed by atoms with Crippen LogP contribution in [0, 0.1) is 25.2 Å². The highest BCUT2D eigenvalue weighted by molar-refractivity contribution is 7.98. The molecular weight excluding hydrogens is 535 g/mol. The van der Waals surface area contributed by atoms with Crippen LogP contribution < -0.4 is 10.6 Å². The Labute approximate surface area is 237 Å². The summed E-state index contributed by atoms with van der Waals surface area (Å²) in [5, 5.41) is 11.6. The number of allylic oxidation sites excluding steroid dienone is 3. The van der Waals surface area contributed by atoms with Crippen molar-refractivity contribution < 1.29 is 4.79 Å². The second-order valence-electron chi connectivity index (χ2n) is 9.53. The number of anilines is 1. The van der Waals surface area contributed by atoms with Crippen LogP contribution in [0.3, 0.4) is 0 Å². The SMILES string of the molecule is Cc1cc(C)c(C2C(C#N)=C(N)N(c3cccnc3)C3=C2C(=O)CCC3)cc1CSc1cc(Cl)ccc1Cl. The van der Waals surface area contributed by atoms with Crippen molar-refractivity contribution in [1.29, 1.82) is 5.26 Å². The summed E-state index contributed by atoms with van der Waals surface area (Å²) in [6, 6.07) is 15.8. The van der Waals surface area contributed by atoms with E-state index in [1.807, 2.05) is 30.0 Å². The summed E-state index contributed by atoms with van der Waals surface area (Å²) in [6.07, 6.45) is 5.29. The second-order valence-corrected chi connectivity index (χ2v) is 11.4. The van der Waals surface area contributed by atoms with Crippen molar-refractivity contribution in [1.82, 2.24) is 4.98 Å². The maximum absolute atomic E-state index is 13.5. The fourth-order valence-electron chi connectivity index (χ4n) is 5.30. The summed E-state index contributed by atoms with van der Waals surface area (Å²) in [5.41, 5.74) is 13.5. The molecule has 8 heteroatoms. The van der Waals surface area contributed by atoms with Crippen LogP contribution in [-0.2, 0) is 10.5 Å². The van der Waals surface area contributed by atoms with Gasteiger partial charge in [-0.15, -0.1) is 11.8 Å². The van der Waals surface area contributed by atoms with Gasteiger partial charge in [-0.05, 0) is 79.3 Å². The first-order chi connectivity index (χ1) is 18.3. The van der Waals surface area contributed by atoms with Crippen molar-refractivity contribution in [2.45, 2.75) is 49.7 Å². The zero-order chi connectivity index (χ0) is 27.0. The van der Waals surface area contributed by atoms with Crippen LogP contribution in [0.4, 0.5) is 5.69 Å². The van der Waals surface area contributed by atoms with E-state index in [1.165, 1.54) is 0 Å². The second kappa shape index (κ2) is 10.9. The largest absolute Gasteiger partial charge is 0.384 e. The first-order valence-corrected chi connectivity index (χ1v) is 14.1. The molecule has 5 nitrogen and oxygen atoms in total. The number of carbonyl (C=O) groups is 1. The lowest BCUT2D eigenvalue weighted by molar-refractivity contribution is -0.116. The third kappa shape index (κ3) is 4.82.